The first-order valence-electron chi connectivity index (χ1n) is 19.9. The topological polar surface area (TPSA) is 78.9 Å². The van der Waals surface area contributed by atoms with Crippen molar-refractivity contribution in [1.82, 2.24) is 0 Å². The third-order valence-corrected chi connectivity index (χ3v) is 17.5. The Morgan fingerprint density at radius 3 is 0.896 bits per heavy atom. The molecule has 0 saturated carbocycles. The van der Waals surface area contributed by atoms with E-state index in [4.69, 9.17) is 9.22 Å². The Kier molecular flexibility index (Phi) is 33.3. The van der Waals surface area contributed by atoms with Crippen LogP contribution in [-0.4, -0.2) is 53.3 Å². The van der Waals surface area contributed by atoms with Gasteiger partial charge in [0.2, 0.25) is 0 Å². The first-order chi connectivity index (χ1) is 23.2. The van der Waals surface area contributed by atoms with E-state index < -0.39 is 53.3 Å². The number of unbranched alkanes of at least 4 members (excludes halogenated alkanes) is 20. The summed E-state index contributed by atoms with van der Waals surface area (Å²) in [4.78, 5) is 40.6. The van der Waals surface area contributed by atoms with E-state index in [2.05, 4.69) is 65.6 Å². The van der Waals surface area contributed by atoms with Crippen molar-refractivity contribution < 1.29 is 23.6 Å². The molecule has 0 aromatic rings. The van der Waals surface area contributed by atoms with Gasteiger partial charge >= 0.3 is 320 Å². The zero-order valence-electron chi connectivity index (χ0n) is 31.3. The molecule has 10 heteroatoms. The number of hydrogen-bond acceptors (Lipinski definition) is 9. The summed E-state index contributed by atoms with van der Waals surface area (Å²) in [5.74, 6) is -1.65. The van der Waals surface area contributed by atoms with Gasteiger partial charge in [0.1, 0.15) is 0 Å². The molecule has 0 aliphatic heterocycles. The molecule has 0 aromatic carbocycles. The molecule has 0 N–H and O–H groups in total. The molecule has 6 nitrogen and oxygen atoms in total. The molecule has 284 valence electrons. The van der Waals surface area contributed by atoms with E-state index in [-0.39, 0.29) is 4.44 Å². The fourth-order valence-corrected chi connectivity index (χ4v) is 14.3. The Hall–Kier alpha value is 0.259. The molecular weight excluding hydrogens is 767 g/mol. The third kappa shape index (κ3) is 26.1. The van der Waals surface area contributed by atoms with Crippen LogP contribution in [0.1, 0.15) is 201 Å². The number of carbonyl (C=O) groups excluding carboxylic acids is 3. The fraction of sp³-hybridized carbons (Fsp3) is 0.921. The SMILES string of the molecule is CCCCCCCCC(S)C(=O)[O][Sn]([CH2]CCCCCCC)([O]C(=O)C(S)CCCCCCCC)[O]C(=O)C(S)CCCCCCCC. The van der Waals surface area contributed by atoms with Gasteiger partial charge < -0.3 is 0 Å². The third-order valence-electron chi connectivity index (χ3n) is 8.91. The second kappa shape index (κ2) is 33.1. The van der Waals surface area contributed by atoms with Gasteiger partial charge in [0.15, 0.2) is 0 Å². The summed E-state index contributed by atoms with van der Waals surface area (Å²) in [6.07, 6.45) is 27.5. The van der Waals surface area contributed by atoms with Crippen LogP contribution in [-0.2, 0) is 23.6 Å². The van der Waals surface area contributed by atoms with Crippen LogP contribution in [0.4, 0.5) is 0 Å². The Morgan fingerprint density at radius 2 is 0.625 bits per heavy atom. The number of carbonyl (C=O) groups is 3. The van der Waals surface area contributed by atoms with Crippen molar-refractivity contribution >= 4 is 75.4 Å². The summed E-state index contributed by atoms with van der Waals surface area (Å²) < 4.78 is 18.7. The van der Waals surface area contributed by atoms with Gasteiger partial charge in [-0.3, -0.25) is 0 Å². The average Bonchev–Trinajstić information content (AvgIpc) is 3.06. The standard InChI is InChI=1S/3C10H20O2S.C8H17.Sn/c3*1-2-3-4-5-6-7-8-9(13)10(11)12;1-3-5-7-8-6-4-2;/h3*9,13H,2-8H2,1H3,(H,11,12);1,3-8H2,2H3;/q;;;;+3/p-3. The first kappa shape index (κ1) is 48.3. The number of rotatable bonds is 34. The Bertz CT molecular complexity index is 714. The molecule has 0 bridgehead atoms. The van der Waals surface area contributed by atoms with Crippen molar-refractivity contribution in [3.05, 3.63) is 0 Å². The van der Waals surface area contributed by atoms with Gasteiger partial charge in [-0.25, -0.2) is 0 Å². The van der Waals surface area contributed by atoms with E-state index >= 15 is 0 Å². The summed E-state index contributed by atoms with van der Waals surface area (Å²) in [6, 6.07) is 0. The monoisotopic (exact) mass is 842 g/mol. The second-order valence-corrected chi connectivity index (χ2v) is 22.6. The van der Waals surface area contributed by atoms with Crippen molar-refractivity contribution in [2.45, 2.75) is 221 Å². The molecule has 3 unspecified atom stereocenters. The average molecular weight is 842 g/mol. The van der Waals surface area contributed by atoms with E-state index in [1.165, 1.54) is 57.8 Å². The maximum atomic E-state index is 13.5. The van der Waals surface area contributed by atoms with E-state index in [1.54, 1.807) is 0 Å². The van der Waals surface area contributed by atoms with Gasteiger partial charge in [-0.15, -0.1) is 0 Å². The normalized spacial score (nSPS) is 14.6. The molecule has 48 heavy (non-hydrogen) atoms. The van der Waals surface area contributed by atoms with Crippen molar-refractivity contribution in [2.75, 3.05) is 0 Å². The molecule has 0 fully saturated rings. The van der Waals surface area contributed by atoms with Crippen LogP contribution in [0.3, 0.4) is 0 Å². The van der Waals surface area contributed by atoms with Crippen LogP contribution in [0.5, 0.6) is 0 Å². The van der Waals surface area contributed by atoms with E-state index in [0.29, 0.717) is 25.7 Å². The Labute approximate surface area is 318 Å². The van der Waals surface area contributed by atoms with Crippen molar-refractivity contribution in [3.63, 3.8) is 0 Å². The summed E-state index contributed by atoms with van der Waals surface area (Å²) in [5.41, 5.74) is 0. The Balaban J connectivity index is 5.80. The molecular formula is C38H74O6S3Sn. The van der Waals surface area contributed by atoms with Gasteiger partial charge in [-0.2, -0.15) is 0 Å². The van der Waals surface area contributed by atoms with Gasteiger partial charge in [0.25, 0.3) is 0 Å². The van der Waals surface area contributed by atoms with Crippen molar-refractivity contribution in [2.24, 2.45) is 0 Å². The molecule has 0 rings (SSSR count). The molecule has 0 aliphatic rings. The van der Waals surface area contributed by atoms with Crippen LogP contribution < -0.4 is 0 Å². The van der Waals surface area contributed by atoms with Gasteiger partial charge in [0, 0.05) is 0 Å². The summed E-state index contributed by atoms with van der Waals surface area (Å²) in [6.45, 7) is 8.75. The number of hydrogen-bond donors (Lipinski definition) is 3. The van der Waals surface area contributed by atoms with Gasteiger partial charge in [-0.1, -0.05) is 0 Å². The molecule has 0 heterocycles. The predicted octanol–water partition coefficient (Wildman–Crippen LogP) is 12.1. The fourth-order valence-electron chi connectivity index (χ4n) is 5.71. The minimum absolute atomic E-state index is 0.274. The second-order valence-electron chi connectivity index (χ2n) is 13.7. The van der Waals surface area contributed by atoms with Crippen LogP contribution in [0.15, 0.2) is 0 Å². The molecule has 3 atom stereocenters. The quantitative estimate of drug-likeness (QED) is 0.0340. The van der Waals surface area contributed by atoms with Crippen LogP contribution in [0.25, 0.3) is 0 Å². The summed E-state index contributed by atoms with van der Waals surface area (Å²) in [5, 5.41) is -2.00. The molecule has 0 saturated heterocycles. The maximum absolute atomic E-state index is 13.5. The van der Waals surface area contributed by atoms with E-state index in [1.807, 2.05) is 0 Å². The van der Waals surface area contributed by atoms with Crippen LogP contribution >= 0.6 is 37.9 Å². The minimum atomic E-state index is -5.14. The zero-order chi connectivity index (χ0) is 35.9. The summed E-state index contributed by atoms with van der Waals surface area (Å²) in [7, 11) is 0. The molecule has 0 aromatic heterocycles. The van der Waals surface area contributed by atoms with E-state index in [0.717, 1.165) is 89.9 Å². The van der Waals surface area contributed by atoms with Gasteiger partial charge in [-0.05, 0) is 0 Å². The predicted molar refractivity (Wildman–Crippen MR) is 215 cm³/mol. The molecule has 0 spiro atoms. The summed E-state index contributed by atoms with van der Waals surface area (Å²) >= 11 is 8.66. The zero-order valence-corrected chi connectivity index (χ0v) is 36.9. The van der Waals surface area contributed by atoms with Gasteiger partial charge in [0.05, 0.1) is 0 Å². The number of thiol groups is 3. The first-order valence-corrected chi connectivity index (χ1v) is 26.9. The van der Waals surface area contributed by atoms with E-state index in [9.17, 15) is 14.4 Å². The molecule has 0 radical (unpaired) electrons. The molecule has 0 amide bonds. The van der Waals surface area contributed by atoms with Crippen LogP contribution in [0.2, 0.25) is 4.44 Å². The van der Waals surface area contributed by atoms with Crippen LogP contribution in [0, 0.1) is 0 Å². The Morgan fingerprint density at radius 1 is 0.396 bits per heavy atom. The molecule has 0 aliphatic carbocycles. The van der Waals surface area contributed by atoms with Crippen molar-refractivity contribution in [3.8, 4) is 0 Å². The van der Waals surface area contributed by atoms with Crippen molar-refractivity contribution in [1.29, 1.82) is 0 Å².